The van der Waals surface area contributed by atoms with Crippen LogP contribution in [-0.2, 0) is 17.1 Å². The number of benzene rings is 1. The van der Waals surface area contributed by atoms with E-state index in [2.05, 4.69) is 21.8 Å². The lowest BCUT2D eigenvalue weighted by molar-refractivity contribution is -0.112. The molecule has 0 spiro atoms. The zero-order valence-corrected chi connectivity index (χ0v) is 18.9. The van der Waals surface area contributed by atoms with Crippen molar-refractivity contribution >= 4 is 29.4 Å². The van der Waals surface area contributed by atoms with Gasteiger partial charge in [-0.05, 0) is 73.9 Å². The average Bonchev–Trinajstić information content (AvgIpc) is 3.05. The molecule has 3 aromatic rings. The van der Waals surface area contributed by atoms with Crippen molar-refractivity contribution in [2.24, 2.45) is 0 Å². The molecule has 0 aliphatic carbocycles. The minimum Gasteiger partial charge on any atom is -0.349 e. The number of aryl methyl sites for hydroxylation is 1. The summed E-state index contributed by atoms with van der Waals surface area (Å²) in [6, 6.07) is 15.7. The van der Waals surface area contributed by atoms with E-state index in [1.165, 1.54) is 0 Å². The molecule has 0 saturated carbocycles. The fraction of sp³-hybridized carbons (Fsp3) is 0.240. The number of anilines is 1. The molecule has 5 nitrogen and oxygen atoms in total. The van der Waals surface area contributed by atoms with Crippen LogP contribution in [-0.4, -0.2) is 15.5 Å². The van der Waals surface area contributed by atoms with E-state index < -0.39 is 5.91 Å². The Balaban J connectivity index is 1.66. The Morgan fingerprint density at radius 1 is 1.26 bits per heavy atom. The number of thioether (sulfide) groups is 1. The van der Waals surface area contributed by atoms with Crippen molar-refractivity contribution in [3.63, 3.8) is 0 Å². The number of aromatic nitrogens is 2. The fourth-order valence-electron chi connectivity index (χ4n) is 3.33. The van der Waals surface area contributed by atoms with Crippen LogP contribution < -0.4 is 5.32 Å². The van der Waals surface area contributed by atoms with E-state index in [0.717, 1.165) is 46.1 Å². The van der Waals surface area contributed by atoms with Crippen LogP contribution in [0.15, 0.2) is 65.3 Å². The standard InChI is InChI=1S/C25H26N4OS/c1-4-12-29-18(2)13-21(19(29)3)14-22(15-26)25(30)28-23-7-9-24(10-8-23)31-17-20-6-5-11-27-16-20/h5-11,13-14,16H,4,12,17H2,1-3H3,(H,28,30)/b22-14+. The number of carbonyl (C=O) groups excluding carboxylic acids is 1. The molecular formula is C25H26N4OS. The Morgan fingerprint density at radius 3 is 2.68 bits per heavy atom. The molecule has 0 atom stereocenters. The minimum absolute atomic E-state index is 0.0896. The van der Waals surface area contributed by atoms with Gasteiger partial charge in [-0.3, -0.25) is 9.78 Å². The van der Waals surface area contributed by atoms with Gasteiger partial charge in [-0.1, -0.05) is 13.0 Å². The van der Waals surface area contributed by atoms with Crippen LogP contribution in [0.25, 0.3) is 6.08 Å². The number of pyridine rings is 1. The molecule has 1 aromatic carbocycles. The fourth-order valence-corrected chi connectivity index (χ4v) is 4.16. The summed E-state index contributed by atoms with van der Waals surface area (Å²) in [5.41, 5.74) is 5.00. The van der Waals surface area contributed by atoms with Crippen LogP contribution in [0.4, 0.5) is 5.69 Å². The van der Waals surface area contributed by atoms with Gasteiger partial charge in [0, 0.05) is 46.7 Å². The lowest BCUT2D eigenvalue weighted by Crippen LogP contribution is -2.13. The SMILES string of the molecule is CCCn1c(C)cc(/C=C(\C#N)C(=O)Nc2ccc(SCc3cccnc3)cc2)c1C. The highest BCUT2D eigenvalue weighted by molar-refractivity contribution is 7.98. The van der Waals surface area contributed by atoms with Crippen molar-refractivity contribution in [3.05, 3.63) is 82.9 Å². The number of hydrogen-bond acceptors (Lipinski definition) is 4. The summed E-state index contributed by atoms with van der Waals surface area (Å²) in [6.07, 6.45) is 6.32. The highest BCUT2D eigenvalue weighted by Gasteiger charge is 2.13. The van der Waals surface area contributed by atoms with Crippen LogP contribution in [0, 0.1) is 25.2 Å². The Hall–Kier alpha value is -3.30. The van der Waals surface area contributed by atoms with Gasteiger partial charge < -0.3 is 9.88 Å². The first-order valence-electron chi connectivity index (χ1n) is 10.2. The van der Waals surface area contributed by atoms with Gasteiger partial charge in [-0.2, -0.15) is 5.26 Å². The van der Waals surface area contributed by atoms with E-state index in [1.807, 2.05) is 68.6 Å². The normalized spacial score (nSPS) is 11.2. The molecule has 0 unspecified atom stereocenters. The van der Waals surface area contributed by atoms with Crippen molar-refractivity contribution in [1.82, 2.24) is 9.55 Å². The van der Waals surface area contributed by atoms with E-state index in [4.69, 9.17) is 0 Å². The van der Waals surface area contributed by atoms with Crippen LogP contribution in [0.1, 0.15) is 35.9 Å². The third kappa shape index (κ3) is 5.87. The van der Waals surface area contributed by atoms with Gasteiger partial charge in [0.15, 0.2) is 0 Å². The Morgan fingerprint density at radius 2 is 2.03 bits per heavy atom. The molecule has 0 saturated heterocycles. The Bertz CT molecular complexity index is 1110. The summed E-state index contributed by atoms with van der Waals surface area (Å²) in [5, 5.41) is 12.4. The van der Waals surface area contributed by atoms with Crippen LogP contribution >= 0.6 is 11.8 Å². The van der Waals surface area contributed by atoms with E-state index in [9.17, 15) is 10.1 Å². The Labute approximate surface area is 187 Å². The van der Waals surface area contributed by atoms with E-state index in [0.29, 0.717) is 5.69 Å². The molecule has 0 aliphatic heterocycles. The third-order valence-corrected chi connectivity index (χ3v) is 6.05. The highest BCUT2D eigenvalue weighted by Crippen LogP contribution is 2.24. The number of hydrogen-bond donors (Lipinski definition) is 1. The van der Waals surface area contributed by atoms with Crippen molar-refractivity contribution in [3.8, 4) is 6.07 Å². The maximum Gasteiger partial charge on any atom is 0.266 e. The van der Waals surface area contributed by atoms with Crippen molar-refractivity contribution in [1.29, 1.82) is 5.26 Å². The van der Waals surface area contributed by atoms with Crippen molar-refractivity contribution in [2.75, 3.05) is 5.32 Å². The highest BCUT2D eigenvalue weighted by atomic mass is 32.2. The number of carbonyl (C=O) groups is 1. The molecule has 6 heteroatoms. The second-order valence-corrected chi connectivity index (χ2v) is 8.33. The number of nitriles is 1. The van der Waals surface area contributed by atoms with Gasteiger partial charge in [-0.15, -0.1) is 11.8 Å². The zero-order chi connectivity index (χ0) is 22.2. The maximum atomic E-state index is 12.7. The second kappa shape index (κ2) is 10.6. The lowest BCUT2D eigenvalue weighted by Gasteiger charge is -2.08. The molecule has 0 bridgehead atoms. The average molecular weight is 431 g/mol. The van der Waals surface area contributed by atoms with E-state index in [-0.39, 0.29) is 5.57 Å². The maximum absolute atomic E-state index is 12.7. The molecule has 2 heterocycles. The van der Waals surface area contributed by atoms with Crippen LogP contribution in [0.3, 0.4) is 0 Å². The topological polar surface area (TPSA) is 70.7 Å². The van der Waals surface area contributed by atoms with Crippen molar-refractivity contribution in [2.45, 2.75) is 44.4 Å². The van der Waals surface area contributed by atoms with Gasteiger partial charge in [0.2, 0.25) is 0 Å². The monoisotopic (exact) mass is 430 g/mol. The molecule has 31 heavy (non-hydrogen) atoms. The number of nitrogens with zero attached hydrogens (tertiary/aromatic N) is 3. The number of rotatable bonds is 8. The summed E-state index contributed by atoms with van der Waals surface area (Å²) in [7, 11) is 0. The first kappa shape index (κ1) is 22.4. The number of nitrogens with one attached hydrogen (secondary N) is 1. The summed E-state index contributed by atoms with van der Waals surface area (Å²) in [4.78, 5) is 17.9. The lowest BCUT2D eigenvalue weighted by atomic mass is 10.1. The molecule has 3 rings (SSSR count). The molecular weight excluding hydrogens is 404 g/mol. The summed E-state index contributed by atoms with van der Waals surface area (Å²) >= 11 is 1.70. The van der Waals surface area contributed by atoms with Gasteiger partial charge >= 0.3 is 0 Å². The summed E-state index contributed by atoms with van der Waals surface area (Å²) in [5.74, 6) is 0.427. The molecule has 0 fully saturated rings. The van der Waals surface area contributed by atoms with Crippen LogP contribution in [0.2, 0.25) is 0 Å². The van der Waals surface area contributed by atoms with Gasteiger partial charge in [0.1, 0.15) is 11.6 Å². The Kier molecular flexibility index (Phi) is 7.69. The quantitative estimate of drug-likeness (QED) is 0.281. The van der Waals surface area contributed by atoms with E-state index >= 15 is 0 Å². The molecule has 1 N–H and O–H groups in total. The molecule has 158 valence electrons. The molecule has 2 aromatic heterocycles. The van der Waals surface area contributed by atoms with Gasteiger partial charge in [-0.25, -0.2) is 0 Å². The van der Waals surface area contributed by atoms with E-state index in [1.54, 1.807) is 24.0 Å². The van der Waals surface area contributed by atoms with Crippen LogP contribution in [0.5, 0.6) is 0 Å². The molecule has 0 aliphatic rings. The number of amides is 1. The van der Waals surface area contributed by atoms with Crippen molar-refractivity contribution < 1.29 is 4.79 Å². The van der Waals surface area contributed by atoms with Gasteiger partial charge in [0.05, 0.1) is 0 Å². The smallest absolute Gasteiger partial charge is 0.266 e. The zero-order valence-electron chi connectivity index (χ0n) is 18.1. The second-order valence-electron chi connectivity index (χ2n) is 7.28. The summed E-state index contributed by atoms with van der Waals surface area (Å²) in [6.45, 7) is 7.11. The first-order chi connectivity index (χ1) is 15.0. The first-order valence-corrected chi connectivity index (χ1v) is 11.2. The third-order valence-electron chi connectivity index (χ3n) is 4.97. The summed E-state index contributed by atoms with van der Waals surface area (Å²) < 4.78 is 2.21. The molecule has 1 amide bonds. The molecule has 0 radical (unpaired) electrons. The minimum atomic E-state index is -0.404. The largest absolute Gasteiger partial charge is 0.349 e. The predicted octanol–water partition coefficient (Wildman–Crippen LogP) is 5.75. The predicted molar refractivity (Wildman–Crippen MR) is 127 cm³/mol. The van der Waals surface area contributed by atoms with Gasteiger partial charge in [0.25, 0.3) is 5.91 Å².